The van der Waals surface area contributed by atoms with E-state index >= 15 is 0 Å². The van der Waals surface area contributed by atoms with Crippen LogP contribution < -0.4 is 4.74 Å². The number of ketones is 1. The number of aromatic nitrogens is 4. The van der Waals surface area contributed by atoms with Crippen LogP contribution >= 0.6 is 0 Å². The summed E-state index contributed by atoms with van der Waals surface area (Å²) in [6.07, 6.45) is 4.64. The molecule has 4 rings (SSSR count). The van der Waals surface area contributed by atoms with Gasteiger partial charge in [0.1, 0.15) is 22.9 Å². The molecule has 0 saturated carbocycles. The second-order valence-electron chi connectivity index (χ2n) is 7.62. The number of hydrogen-bond donors (Lipinski definition) is 1. The summed E-state index contributed by atoms with van der Waals surface area (Å²) < 4.78 is 31.8. The summed E-state index contributed by atoms with van der Waals surface area (Å²) in [4.78, 5) is 12.4. The normalized spacial score (nSPS) is 24.0. The topological polar surface area (TPSA) is 99.2 Å². The van der Waals surface area contributed by atoms with Crippen LogP contribution in [0.5, 0.6) is 5.75 Å². The van der Waals surface area contributed by atoms with Gasteiger partial charge in [-0.15, -0.1) is 16.8 Å². The third-order valence-electron chi connectivity index (χ3n) is 5.90. The molecule has 0 bridgehead atoms. The van der Waals surface area contributed by atoms with E-state index in [1.807, 2.05) is 6.92 Å². The maximum Gasteiger partial charge on any atom is 0.208 e. The molecule has 158 valence electrons. The molecule has 1 aromatic carbocycles. The van der Waals surface area contributed by atoms with E-state index in [1.165, 1.54) is 19.3 Å². The number of rotatable bonds is 7. The molecule has 1 aromatic heterocycles. The number of methoxy groups -OCH3 is 1. The van der Waals surface area contributed by atoms with E-state index in [0.29, 0.717) is 47.7 Å². The lowest BCUT2D eigenvalue weighted by Crippen LogP contribution is -2.45. The molecule has 30 heavy (non-hydrogen) atoms. The zero-order valence-corrected chi connectivity index (χ0v) is 16.9. The predicted molar refractivity (Wildman–Crippen MR) is 105 cm³/mol. The van der Waals surface area contributed by atoms with Crippen LogP contribution in [0.1, 0.15) is 25.3 Å². The molecule has 0 radical (unpaired) electrons. The molecule has 1 unspecified atom stereocenters. The highest BCUT2D eigenvalue weighted by molar-refractivity contribution is 5.93. The van der Waals surface area contributed by atoms with Gasteiger partial charge in [0.05, 0.1) is 12.7 Å². The standard InChI is InChI=1S/C21H23FN4O4/c1-4-5-13-10-21(19(9-17(13)27)29-11-30-21)12(2)6-14-7-15(20-23-25-26-24-20)18(28-3)8-16(14)22/h4,7-9,12-13H,1,5-6,10-11H2,2-3H3,(H,23,24,25,26)/t12?,13-,21+/m0/s1. The number of nitrogens with zero attached hydrogens (tertiary/aromatic N) is 3. The molecule has 9 heteroatoms. The van der Waals surface area contributed by atoms with Crippen LogP contribution in [0.2, 0.25) is 0 Å². The minimum absolute atomic E-state index is 0.00764. The Morgan fingerprint density at radius 2 is 2.33 bits per heavy atom. The van der Waals surface area contributed by atoms with Crippen molar-refractivity contribution in [3.8, 4) is 17.1 Å². The van der Waals surface area contributed by atoms with Gasteiger partial charge in [-0.3, -0.25) is 4.79 Å². The van der Waals surface area contributed by atoms with Gasteiger partial charge in [0.25, 0.3) is 0 Å². The molecule has 1 saturated heterocycles. The van der Waals surface area contributed by atoms with E-state index in [-0.39, 0.29) is 24.4 Å². The number of fused-ring (bicyclic) bond motifs is 1. The van der Waals surface area contributed by atoms with Crippen molar-refractivity contribution < 1.29 is 23.4 Å². The van der Waals surface area contributed by atoms with Crippen molar-refractivity contribution in [3.63, 3.8) is 0 Å². The highest BCUT2D eigenvalue weighted by Gasteiger charge is 2.51. The Morgan fingerprint density at radius 1 is 1.50 bits per heavy atom. The van der Waals surface area contributed by atoms with Gasteiger partial charge >= 0.3 is 0 Å². The fraction of sp³-hybridized carbons (Fsp3) is 0.429. The smallest absolute Gasteiger partial charge is 0.208 e. The molecule has 2 aliphatic rings. The minimum Gasteiger partial charge on any atom is -0.496 e. The zero-order chi connectivity index (χ0) is 21.3. The number of allylic oxidation sites excluding steroid dienone is 2. The molecule has 2 heterocycles. The summed E-state index contributed by atoms with van der Waals surface area (Å²) in [6, 6.07) is 2.99. The van der Waals surface area contributed by atoms with Gasteiger partial charge in [0.2, 0.25) is 5.82 Å². The van der Waals surface area contributed by atoms with Crippen molar-refractivity contribution in [1.29, 1.82) is 0 Å². The second kappa shape index (κ2) is 7.98. The largest absolute Gasteiger partial charge is 0.496 e. The number of H-pyrrole nitrogens is 1. The van der Waals surface area contributed by atoms with Crippen LogP contribution in [0, 0.1) is 17.7 Å². The van der Waals surface area contributed by atoms with Gasteiger partial charge in [-0.05, 0) is 42.0 Å². The highest BCUT2D eigenvalue weighted by atomic mass is 19.1. The number of halogens is 1. The first-order valence-electron chi connectivity index (χ1n) is 9.72. The SMILES string of the molecule is C=CC[C@H]1C[C@]2(C(C)Cc3cc(-c4nn[nH]n4)c(OC)cc3F)OCOC2=CC1=O. The second-order valence-corrected chi connectivity index (χ2v) is 7.62. The molecule has 0 spiro atoms. The van der Waals surface area contributed by atoms with Crippen molar-refractivity contribution in [1.82, 2.24) is 20.6 Å². The fourth-order valence-electron chi connectivity index (χ4n) is 4.29. The summed E-state index contributed by atoms with van der Waals surface area (Å²) in [5.41, 5.74) is 0.222. The molecule has 1 fully saturated rings. The Morgan fingerprint density at radius 3 is 3.03 bits per heavy atom. The van der Waals surface area contributed by atoms with Crippen LogP contribution in [0.4, 0.5) is 4.39 Å². The van der Waals surface area contributed by atoms with Crippen molar-refractivity contribution in [2.45, 2.75) is 31.8 Å². The third kappa shape index (κ3) is 3.39. The van der Waals surface area contributed by atoms with Crippen LogP contribution in [-0.2, 0) is 20.7 Å². The number of carbonyl (C=O) groups is 1. The molecule has 1 aliphatic heterocycles. The summed E-state index contributed by atoms with van der Waals surface area (Å²) in [5, 5.41) is 13.9. The maximum atomic E-state index is 14.9. The number of hydrogen-bond acceptors (Lipinski definition) is 7. The molecular formula is C21H23FN4O4. The average molecular weight is 414 g/mol. The van der Waals surface area contributed by atoms with Gasteiger partial charge in [0.15, 0.2) is 12.6 Å². The Kier molecular flexibility index (Phi) is 5.38. The average Bonchev–Trinajstić information content (AvgIpc) is 3.40. The Hall–Kier alpha value is -3.07. The molecule has 1 N–H and O–H groups in total. The molecule has 0 amide bonds. The summed E-state index contributed by atoms with van der Waals surface area (Å²) in [7, 11) is 1.46. The maximum absolute atomic E-state index is 14.9. The third-order valence-corrected chi connectivity index (χ3v) is 5.90. The summed E-state index contributed by atoms with van der Waals surface area (Å²) >= 11 is 0. The van der Waals surface area contributed by atoms with Crippen LogP contribution in [0.25, 0.3) is 11.4 Å². The van der Waals surface area contributed by atoms with E-state index in [9.17, 15) is 9.18 Å². The van der Waals surface area contributed by atoms with Crippen LogP contribution in [0.3, 0.4) is 0 Å². The zero-order valence-electron chi connectivity index (χ0n) is 16.9. The minimum atomic E-state index is -0.778. The van der Waals surface area contributed by atoms with Crippen molar-refractivity contribution in [2.24, 2.45) is 11.8 Å². The van der Waals surface area contributed by atoms with Crippen molar-refractivity contribution >= 4 is 5.78 Å². The van der Waals surface area contributed by atoms with Crippen LogP contribution in [-0.4, -0.2) is 45.9 Å². The predicted octanol–water partition coefficient (Wildman–Crippen LogP) is 2.99. The Bertz CT molecular complexity index is 991. The van der Waals surface area contributed by atoms with E-state index in [1.54, 1.807) is 12.1 Å². The quantitative estimate of drug-likeness (QED) is 0.695. The number of nitrogens with one attached hydrogen (secondary N) is 1. The molecule has 8 nitrogen and oxygen atoms in total. The van der Waals surface area contributed by atoms with Crippen molar-refractivity contribution in [2.75, 3.05) is 13.9 Å². The monoisotopic (exact) mass is 414 g/mol. The number of benzene rings is 1. The lowest BCUT2D eigenvalue weighted by Gasteiger charge is -2.38. The van der Waals surface area contributed by atoms with E-state index in [2.05, 4.69) is 27.2 Å². The van der Waals surface area contributed by atoms with E-state index in [4.69, 9.17) is 14.2 Å². The fourth-order valence-corrected chi connectivity index (χ4v) is 4.29. The van der Waals surface area contributed by atoms with Crippen LogP contribution in [0.15, 0.2) is 36.6 Å². The van der Waals surface area contributed by atoms with E-state index < -0.39 is 11.4 Å². The van der Waals surface area contributed by atoms with Gasteiger partial charge in [0, 0.05) is 18.1 Å². The molecular weight excluding hydrogens is 391 g/mol. The number of tetrazole rings is 1. The van der Waals surface area contributed by atoms with E-state index in [0.717, 1.165) is 0 Å². The van der Waals surface area contributed by atoms with Gasteiger partial charge in [-0.1, -0.05) is 13.0 Å². The first kappa shape index (κ1) is 20.2. The molecule has 1 aliphatic carbocycles. The molecule has 2 aromatic rings. The van der Waals surface area contributed by atoms with Gasteiger partial charge < -0.3 is 14.2 Å². The number of aromatic amines is 1. The number of ether oxygens (including phenoxy) is 3. The lowest BCUT2D eigenvalue weighted by atomic mass is 9.71. The Labute approximate surface area is 173 Å². The van der Waals surface area contributed by atoms with Gasteiger partial charge in [-0.2, -0.15) is 5.21 Å². The first-order valence-corrected chi connectivity index (χ1v) is 9.72. The first-order chi connectivity index (χ1) is 14.5. The highest BCUT2D eigenvalue weighted by Crippen LogP contribution is 2.46. The Balaban J connectivity index is 1.67. The summed E-state index contributed by atoms with van der Waals surface area (Å²) in [5.74, 6) is 0.369. The number of carbonyl (C=O) groups excluding carboxylic acids is 1. The van der Waals surface area contributed by atoms with Gasteiger partial charge in [-0.25, -0.2) is 4.39 Å². The summed E-state index contributed by atoms with van der Waals surface area (Å²) in [6.45, 7) is 5.79. The molecule has 3 atom stereocenters. The van der Waals surface area contributed by atoms with Crippen molar-refractivity contribution in [3.05, 3.63) is 48.0 Å². The lowest BCUT2D eigenvalue weighted by molar-refractivity contribution is -0.123.